The number of nitrogens with one attached hydrogen (secondary N) is 1. The maximum absolute atomic E-state index is 12.4. The Morgan fingerprint density at radius 1 is 1.25 bits per heavy atom. The van der Waals surface area contributed by atoms with Crippen molar-refractivity contribution in [2.24, 2.45) is 0 Å². The predicted octanol–water partition coefficient (Wildman–Crippen LogP) is 1.71. The van der Waals surface area contributed by atoms with E-state index in [9.17, 15) is 9.59 Å². The number of hydrogen-bond donors (Lipinski definition) is 1. The van der Waals surface area contributed by atoms with Gasteiger partial charge in [-0.15, -0.1) is 5.10 Å². The van der Waals surface area contributed by atoms with E-state index in [0.717, 1.165) is 5.69 Å². The molecule has 0 saturated carbocycles. The van der Waals surface area contributed by atoms with Crippen LogP contribution in [0, 0.1) is 0 Å². The number of benzene rings is 1. The largest absolute Gasteiger partial charge is 0.493 e. The second-order valence-electron chi connectivity index (χ2n) is 5.87. The van der Waals surface area contributed by atoms with Crippen molar-refractivity contribution in [3.05, 3.63) is 76.7 Å². The molecule has 4 rings (SSSR count). The maximum Gasteiger partial charge on any atom is 0.349 e. The number of aromatic nitrogens is 4. The summed E-state index contributed by atoms with van der Waals surface area (Å²) in [7, 11) is 1.48. The lowest BCUT2D eigenvalue weighted by Gasteiger charge is -2.06. The molecule has 1 aromatic carbocycles. The lowest BCUT2D eigenvalue weighted by atomic mass is 10.1. The fourth-order valence-corrected chi connectivity index (χ4v) is 2.71. The Labute approximate surface area is 158 Å². The van der Waals surface area contributed by atoms with Crippen LogP contribution in [0.3, 0.4) is 0 Å². The number of hydrogen-bond acceptors (Lipinski definition) is 7. The fourth-order valence-electron chi connectivity index (χ4n) is 2.71. The normalized spacial score (nSPS) is 10.8. The van der Waals surface area contributed by atoms with Crippen LogP contribution in [0.15, 0.2) is 64.2 Å². The first-order chi connectivity index (χ1) is 13.7. The number of carbonyl (C=O) groups excluding carboxylic acids is 1. The van der Waals surface area contributed by atoms with E-state index in [4.69, 9.17) is 9.15 Å². The lowest BCUT2D eigenvalue weighted by Crippen LogP contribution is -2.28. The number of para-hydroxylation sites is 1. The number of methoxy groups -OCH3 is 1. The summed E-state index contributed by atoms with van der Waals surface area (Å²) >= 11 is 0. The van der Waals surface area contributed by atoms with Crippen LogP contribution in [0.4, 0.5) is 0 Å². The number of ether oxygens (including phenoxy) is 1. The highest BCUT2D eigenvalue weighted by molar-refractivity contribution is 5.97. The van der Waals surface area contributed by atoms with Crippen LogP contribution >= 0.6 is 0 Å². The molecular formula is C19H15N5O4. The van der Waals surface area contributed by atoms with Crippen molar-refractivity contribution in [1.29, 1.82) is 0 Å². The summed E-state index contributed by atoms with van der Waals surface area (Å²) in [4.78, 5) is 28.6. The van der Waals surface area contributed by atoms with Gasteiger partial charge in [-0.25, -0.2) is 9.48 Å². The van der Waals surface area contributed by atoms with E-state index in [0.29, 0.717) is 22.4 Å². The monoisotopic (exact) mass is 377 g/mol. The molecule has 140 valence electrons. The minimum absolute atomic E-state index is 0.0951. The van der Waals surface area contributed by atoms with Crippen LogP contribution in [0.25, 0.3) is 16.7 Å². The van der Waals surface area contributed by atoms with Crippen molar-refractivity contribution in [3.8, 4) is 11.4 Å². The van der Waals surface area contributed by atoms with Gasteiger partial charge in [0.05, 0.1) is 25.5 Å². The van der Waals surface area contributed by atoms with E-state index in [1.807, 2.05) is 0 Å². The van der Waals surface area contributed by atoms with Gasteiger partial charge in [-0.05, 0) is 24.3 Å². The average molecular weight is 377 g/mol. The first-order valence-electron chi connectivity index (χ1n) is 8.36. The fraction of sp³-hybridized carbons (Fsp3) is 0.105. The molecule has 3 heterocycles. The van der Waals surface area contributed by atoms with Crippen molar-refractivity contribution >= 4 is 16.9 Å². The SMILES string of the molecule is COc1cccc2cc(C(=O)NCc3cn(-c4ccncc4)nn3)c(=O)oc12. The van der Waals surface area contributed by atoms with Crippen molar-refractivity contribution < 1.29 is 13.9 Å². The van der Waals surface area contributed by atoms with E-state index in [2.05, 4.69) is 20.6 Å². The third-order valence-corrected chi connectivity index (χ3v) is 4.09. The molecule has 0 unspecified atom stereocenters. The van der Waals surface area contributed by atoms with Crippen LogP contribution < -0.4 is 15.7 Å². The van der Waals surface area contributed by atoms with Gasteiger partial charge in [0.25, 0.3) is 5.91 Å². The van der Waals surface area contributed by atoms with E-state index < -0.39 is 11.5 Å². The summed E-state index contributed by atoms with van der Waals surface area (Å²) in [5.74, 6) is -0.133. The van der Waals surface area contributed by atoms with Gasteiger partial charge >= 0.3 is 5.63 Å². The third kappa shape index (κ3) is 3.32. The predicted molar refractivity (Wildman–Crippen MR) is 99.4 cm³/mol. The maximum atomic E-state index is 12.4. The van der Waals surface area contributed by atoms with Gasteiger partial charge < -0.3 is 14.5 Å². The zero-order chi connectivity index (χ0) is 19.5. The quantitative estimate of drug-likeness (QED) is 0.527. The lowest BCUT2D eigenvalue weighted by molar-refractivity contribution is 0.0947. The summed E-state index contributed by atoms with van der Waals surface area (Å²) in [6.45, 7) is 0.111. The van der Waals surface area contributed by atoms with Gasteiger partial charge in [-0.1, -0.05) is 17.3 Å². The highest BCUT2D eigenvalue weighted by atomic mass is 16.5. The molecule has 0 atom stereocenters. The molecular weight excluding hydrogens is 362 g/mol. The van der Waals surface area contributed by atoms with Gasteiger partial charge in [0.2, 0.25) is 0 Å². The molecule has 1 N–H and O–H groups in total. The van der Waals surface area contributed by atoms with E-state index in [1.165, 1.54) is 13.2 Å². The second kappa shape index (κ2) is 7.31. The zero-order valence-corrected chi connectivity index (χ0v) is 14.8. The third-order valence-electron chi connectivity index (χ3n) is 4.09. The Morgan fingerprint density at radius 2 is 2.07 bits per heavy atom. The molecule has 0 saturated heterocycles. The number of pyridine rings is 1. The first kappa shape index (κ1) is 17.4. The molecule has 4 aromatic rings. The summed E-state index contributed by atoms with van der Waals surface area (Å²) < 4.78 is 12.0. The molecule has 0 bridgehead atoms. The number of carbonyl (C=O) groups is 1. The molecule has 0 aliphatic carbocycles. The average Bonchev–Trinajstić information content (AvgIpc) is 3.21. The topological polar surface area (TPSA) is 112 Å². The number of fused-ring (bicyclic) bond motifs is 1. The molecule has 3 aromatic heterocycles. The van der Waals surface area contributed by atoms with E-state index >= 15 is 0 Å². The van der Waals surface area contributed by atoms with Crippen LogP contribution in [-0.4, -0.2) is 33.0 Å². The van der Waals surface area contributed by atoms with Crippen LogP contribution in [0.5, 0.6) is 5.75 Å². The smallest absolute Gasteiger partial charge is 0.349 e. The molecule has 9 heteroatoms. The van der Waals surface area contributed by atoms with E-state index in [-0.39, 0.29) is 12.1 Å². The highest BCUT2D eigenvalue weighted by Gasteiger charge is 2.16. The minimum Gasteiger partial charge on any atom is -0.493 e. The molecule has 28 heavy (non-hydrogen) atoms. The molecule has 1 amide bonds. The van der Waals surface area contributed by atoms with Gasteiger partial charge in [0, 0.05) is 17.8 Å². The van der Waals surface area contributed by atoms with Crippen molar-refractivity contribution in [2.75, 3.05) is 7.11 Å². The molecule has 0 fully saturated rings. The number of rotatable bonds is 5. The van der Waals surface area contributed by atoms with E-state index in [1.54, 1.807) is 53.6 Å². The second-order valence-corrected chi connectivity index (χ2v) is 5.87. The Balaban J connectivity index is 1.52. The Hall–Kier alpha value is -4.01. The van der Waals surface area contributed by atoms with Gasteiger partial charge in [-0.3, -0.25) is 9.78 Å². The van der Waals surface area contributed by atoms with Crippen LogP contribution in [0.1, 0.15) is 16.1 Å². The van der Waals surface area contributed by atoms with Gasteiger partial charge in [-0.2, -0.15) is 0 Å². The van der Waals surface area contributed by atoms with Crippen molar-refractivity contribution in [3.63, 3.8) is 0 Å². The van der Waals surface area contributed by atoms with Gasteiger partial charge in [0.15, 0.2) is 11.3 Å². The molecule has 0 aliphatic rings. The molecule has 0 spiro atoms. The Bertz CT molecular complexity index is 1200. The first-order valence-corrected chi connectivity index (χ1v) is 8.36. The van der Waals surface area contributed by atoms with Crippen LogP contribution in [0.2, 0.25) is 0 Å². The van der Waals surface area contributed by atoms with Crippen LogP contribution in [-0.2, 0) is 6.54 Å². The summed E-state index contributed by atoms with van der Waals surface area (Å²) in [6, 6.07) is 10.2. The number of nitrogens with zero attached hydrogens (tertiary/aromatic N) is 4. The van der Waals surface area contributed by atoms with Gasteiger partial charge in [0.1, 0.15) is 11.3 Å². The summed E-state index contributed by atoms with van der Waals surface area (Å²) in [5.41, 5.74) is 0.797. The molecule has 9 nitrogen and oxygen atoms in total. The Kier molecular flexibility index (Phi) is 4.55. The molecule has 0 radical (unpaired) electrons. The minimum atomic E-state index is -0.741. The van der Waals surface area contributed by atoms with Crippen molar-refractivity contribution in [2.45, 2.75) is 6.54 Å². The zero-order valence-electron chi connectivity index (χ0n) is 14.8. The van der Waals surface area contributed by atoms with Crippen molar-refractivity contribution in [1.82, 2.24) is 25.3 Å². The standard InChI is InChI=1S/C19H15N5O4/c1-27-16-4-2-3-12-9-15(19(26)28-17(12)16)18(25)21-10-13-11-24(23-22-13)14-5-7-20-8-6-14/h2-9,11H,10H2,1H3,(H,21,25). The Morgan fingerprint density at radius 3 is 2.86 bits per heavy atom. The summed E-state index contributed by atoms with van der Waals surface area (Å²) in [6.07, 6.45) is 4.97. The molecule has 0 aliphatic heterocycles. The highest BCUT2D eigenvalue weighted by Crippen LogP contribution is 2.24. The number of amides is 1. The summed E-state index contributed by atoms with van der Waals surface area (Å²) in [5, 5.41) is 11.3.